The van der Waals surface area contributed by atoms with Crippen molar-refractivity contribution < 1.29 is 9.59 Å². The average molecular weight is 288 g/mol. The highest BCUT2D eigenvalue weighted by Crippen LogP contribution is 2.17. The Bertz CT molecular complexity index is 522. The predicted molar refractivity (Wildman–Crippen MR) is 79.8 cm³/mol. The van der Waals surface area contributed by atoms with Crippen molar-refractivity contribution in [3.8, 4) is 0 Å². The highest BCUT2D eigenvalue weighted by Gasteiger charge is 2.17. The molecule has 0 saturated heterocycles. The van der Waals surface area contributed by atoms with Gasteiger partial charge in [0.25, 0.3) is 5.91 Å². The lowest BCUT2D eigenvalue weighted by atomic mass is 10.2. The van der Waals surface area contributed by atoms with E-state index in [2.05, 4.69) is 20.8 Å². The smallest absolute Gasteiger partial charge is 0.289 e. The van der Waals surface area contributed by atoms with Gasteiger partial charge < -0.3 is 5.32 Å². The molecule has 1 saturated carbocycles. The van der Waals surface area contributed by atoms with Gasteiger partial charge in [0.15, 0.2) is 0 Å². The van der Waals surface area contributed by atoms with Crippen molar-refractivity contribution in [2.24, 2.45) is 5.10 Å². The molecule has 1 aromatic heterocycles. The number of hydrazone groups is 1. The molecule has 1 aliphatic rings. The molecule has 1 aliphatic carbocycles. The molecule has 2 rings (SSSR count). The second kappa shape index (κ2) is 7.52. The minimum absolute atomic E-state index is 0.0461. The summed E-state index contributed by atoms with van der Waals surface area (Å²) in [5.74, 6) is -0.429. The minimum atomic E-state index is -0.383. The zero-order valence-corrected chi connectivity index (χ0v) is 12.1. The Labute approximate surface area is 124 Å². The number of aromatic nitrogens is 1. The molecule has 6 nitrogen and oxygen atoms in total. The Balaban J connectivity index is 1.78. The lowest BCUT2D eigenvalue weighted by Gasteiger charge is -2.11. The summed E-state index contributed by atoms with van der Waals surface area (Å²) in [6.45, 7) is 1.72. The van der Waals surface area contributed by atoms with Gasteiger partial charge in [-0.05, 0) is 31.9 Å². The van der Waals surface area contributed by atoms with Crippen LogP contribution in [0.15, 0.2) is 29.5 Å². The van der Waals surface area contributed by atoms with E-state index >= 15 is 0 Å². The maximum Gasteiger partial charge on any atom is 0.289 e. The molecule has 6 heteroatoms. The van der Waals surface area contributed by atoms with Gasteiger partial charge in [0.2, 0.25) is 5.91 Å². The standard InChI is InChI=1S/C15H20N4O2/c1-11(10-14(20)17-12-6-2-3-7-12)18-19-15(21)13-8-4-5-9-16-13/h4-5,8-9,12H,2-3,6-7,10H2,1H3,(H,17,20)(H,19,21). The number of carbonyl (C=O) groups is 2. The molecule has 0 unspecified atom stereocenters. The zero-order chi connectivity index (χ0) is 15.1. The summed E-state index contributed by atoms with van der Waals surface area (Å²) in [6, 6.07) is 5.37. The molecular weight excluding hydrogens is 268 g/mol. The Hall–Kier alpha value is -2.24. The first-order chi connectivity index (χ1) is 10.1. The molecule has 1 fully saturated rings. The van der Waals surface area contributed by atoms with Crippen LogP contribution in [0.1, 0.15) is 49.5 Å². The molecule has 0 bridgehead atoms. The van der Waals surface area contributed by atoms with Crippen molar-refractivity contribution in [1.82, 2.24) is 15.7 Å². The van der Waals surface area contributed by atoms with Crippen LogP contribution in [0.3, 0.4) is 0 Å². The minimum Gasteiger partial charge on any atom is -0.353 e. The SMILES string of the molecule is CC(CC(=O)NC1CCCC1)=NNC(=O)c1ccccn1. The van der Waals surface area contributed by atoms with Gasteiger partial charge in [0.1, 0.15) is 5.69 Å². The molecule has 2 amide bonds. The second-order valence-corrected chi connectivity index (χ2v) is 5.23. The number of pyridine rings is 1. The van der Waals surface area contributed by atoms with E-state index in [0.717, 1.165) is 12.8 Å². The van der Waals surface area contributed by atoms with E-state index < -0.39 is 0 Å². The van der Waals surface area contributed by atoms with Gasteiger partial charge >= 0.3 is 0 Å². The van der Waals surface area contributed by atoms with Crippen LogP contribution in [-0.2, 0) is 4.79 Å². The summed E-state index contributed by atoms with van der Waals surface area (Å²) in [7, 11) is 0. The third-order valence-electron chi connectivity index (χ3n) is 3.38. The predicted octanol–water partition coefficient (Wildman–Crippen LogP) is 1.64. The van der Waals surface area contributed by atoms with Gasteiger partial charge in [-0.3, -0.25) is 14.6 Å². The number of nitrogens with one attached hydrogen (secondary N) is 2. The molecule has 0 spiro atoms. The first-order valence-electron chi connectivity index (χ1n) is 7.19. The van der Waals surface area contributed by atoms with E-state index in [1.54, 1.807) is 31.3 Å². The number of hydrogen-bond acceptors (Lipinski definition) is 4. The molecule has 0 aliphatic heterocycles. The van der Waals surface area contributed by atoms with Gasteiger partial charge in [-0.1, -0.05) is 18.9 Å². The molecule has 2 N–H and O–H groups in total. The Morgan fingerprint density at radius 3 is 2.76 bits per heavy atom. The molecule has 112 valence electrons. The number of rotatable bonds is 5. The van der Waals surface area contributed by atoms with E-state index in [1.807, 2.05) is 0 Å². The summed E-state index contributed by atoms with van der Waals surface area (Å²) in [4.78, 5) is 27.5. The maximum atomic E-state index is 11.8. The third-order valence-corrected chi connectivity index (χ3v) is 3.38. The monoisotopic (exact) mass is 288 g/mol. The summed E-state index contributed by atoms with van der Waals surface area (Å²) in [6.07, 6.45) is 6.20. The normalized spacial score (nSPS) is 15.8. The van der Waals surface area contributed by atoms with Crippen LogP contribution in [0.4, 0.5) is 0 Å². The van der Waals surface area contributed by atoms with Crippen LogP contribution in [0.2, 0.25) is 0 Å². The van der Waals surface area contributed by atoms with Crippen LogP contribution in [-0.4, -0.2) is 28.6 Å². The number of amides is 2. The van der Waals surface area contributed by atoms with Crippen LogP contribution in [0.25, 0.3) is 0 Å². The van der Waals surface area contributed by atoms with Crippen molar-refractivity contribution >= 4 is 17.5 Å². The molecule has 0 radical (unpaired) electrons. The van der Waals surface area contributed by atoms with Crippen molar-refractivity contribution in [3.63, 3.8) is 0 Å². The lowest BCUT2D eigenvalue weighted by Crippen LogP contribution is -2.33. The maximum absolute atomic E-state index is 11.8. The fraction of sp³-hybridized carbons (Fsp3) is 0.467. The third kappa shape index (κ3) is 4.98. The fourth-order valence-electron chi connectivity index (χ4n) is 2.32. The van der Waals surface area contributed by atoms with E-state index in [9.17, 15) is 9.59 Å². The van der Waals surface area contributed by atoms with Crippen LogP contribution < -0.4 is 10.7 Å². The summed E-state index contributed by atoms with van der Waals surface area (Å²) in [5, 5.41) is 6.92. The van der Waals surface area contributed by atoms with Gasteiger partial charge in [0, 0.05) is 18.0 Å². The number of nitrogens with zero attached hydrogens (tertiary/aromatic N) is 2. The Morgan fingerprint density at radius 1 is 1.33 bits per heavy atom. The topological polar surface area (TPSA) is 83.5 Å². The lowest BCUT2D eigenvalue weighted by molar-refractivity contribution is -0.120. The van der Waals surface area contributed by atoms with E-state index in [4.69, 9.17) is 0 Å². The van der Waals surface area contributed by atoms with Gasteiger partial charge in [-0.2, -0.15) is 5.10 Å². The van der Waals surface area contributed by atoms with Crippen molar-refractivity contribution in [1.29, 1.82) is 0 Å². The van der Waals surface area contributed by atoms with E-state index in [0.29, 0.717) is 17.4 Å². The highest BCUT2D eigenvalue weighted by atomic mass is 16.2. The number of carbonyl (C=O) groups excluding carboxylic acids is 2. The van der Waals surface area contributed by atoms with Crippen LogP contribution in [0, 0.1) is 0 Å². The fourth-order valence-corrected chi connectivity index (χ4v) is 2.32. The van der Waals surface area contributed by atoms with Crippen molar-refractivity contribution in [2.75, 3.05) is 0 Å². The van der Waals surface area contributed by atoms with E-state index in [1.165, 1.54) is 12.8 Å². The largest absolute Gasteiger partial charge is 0.353 e. The summed E-state index contributed by atoms with van der Waals surface area (Å²) in [5.41, 5.74) is 3.26. The van der Waals surface area contributed by atoms with Crippen LogP contribution in [0.5, 0.6) is 0 Å². The van der Waals surface area contributed by atoms with Gasteiger partial charge in [-0.25, -0.2) is 5.43 Å². The molecule has 1 aromatic rings. The van der Waals surface area contributed by atoms with Crippen molar-refractivity contribution in [3.05, 3.63) is 30.1 Å². The molecule has 1 heterocycles. The molecule has 21 heavy (non-hydrogen) atoms. The Morgan fingerprint density at radius 2 is 2.10 bits per heavy atom. The second-order valence-electron chi connectivity index (χ2n) is 5.23. The number of hydrogen-bond donors (Lipinski definition) is 2. The van der Waals surface area contributed by atoms with Gasteiger partial charge in [-0.15, -0.1) is 0 Å². The van der Waals surface area contributed by atoms with E-state index in [-0.39, 0.29) is 18.2 Å². The summed E-state index contributed by atoms with van der Waals surface area (Å²) >= 11 is 0. The highest BCUT2D eigenvalue weighted by molar-refractivity contribution is 6.01. The first kappa shape index (κ1) is 15.2. The molecule has 0 atom stereocenters. The summed E-state index contributed by atoms with van der Waals surface area (Å²) < 4.78 is 0. The van der Waals surface area contributed by atoms with Crippen molar-refractivity contribution in [2.45, 2.75) is 45.1 Å². The molecule has 0 aromatic carbocycles. The Kier molecular flexibility index (Phi) is 5.43. The zero-order valence-electron chi connectivity index (χ0n) is 12.1. The average Bonchev–Trinajstić information content (AvgIpc) is 2.98. The first-order valence-corrected chi connectivity index (χ1v) is 7.19. The molecular formula is C15H20N4O2. The van der Waals surface area contributed by atoms with Crippen LogP contribution >= 0.6 is 0 Å². The van der Waals surface area contributed by atoms with Gasteiger partial charge in [0.05, 0.1) is 6.42 Å². The quantitative estimate of drug-likeness (QED) is 0.638.